The third-order valence-corrected chi connectivity index (χ3v) is 5.85. The largest absolute Gasteiger partial charge is 1.00 e. The molecule has 2 aromatic rings. The summed E-state index contributed by atoms with van der Waals surface area (Å²) >= 11 is 1.85. The maximum atomic E-state index is 5.98. The van der Waals surface area contributed by atoms with Crippen LogP contribution in [-0.2, 0) is 24.1 Å². The van der Waals surface area contributed by atoms with Gasteiger partial charge in [0.2, 0.25) is 0 Å². The average molecular weight is 499 g/mol. The van der Waals surface area contributed by atoms with Crippen molar-refractivity contribution in [3.63, 3.8) is 0 Å². The van der Waals surface area contributed by atoms with Crippen LogP contribution in [0.15, 0.2) is 58.3 Å². The molecule has 0 aliphatic carbocycles. The summed E-state index contributed by atoms with van der Waals surface area (Å²) in [6.07, 6.45) is 0. The van der Waals surface area contributed by atoms with Crippen molar-refractivity contribution in [2.24, 2.45) is 0 Å². The topological polar surface area (TPSA) is 24.9 Å². The van der Waals surface area contributed by atoms with Crippen molar-refractivity contribution in [1.82, 2.24) is 8.61 Å². The second-order valence-electron chi connectivity index (χ2n) is 4.99. The van der Waals surface area contributed by atoms with Crippen molar-refractivity contribution in [3.05, 3.63) is 48.5 Å². The fourth-order valence-electron chi connectivity index (χ4n) is 1.72. The summed E-state index contributed by atoms with van der Waals surface area (Å²) in [6, 6.07) is 16.1. The van der Waals surface area contributed by atoms with Gasteiger partial charge >= 0.3 is 160 Å². The summed E-state index contributed by atoms with van der Waals surface area (Å²) in [5.74, 6) is 1.80. The molecule has 0 amide bonds. The maximum Gasteiger partial charge on any atom is -1.00 e. The molecule has 0 saturated heterocycles. The van der Waals surface area contributed by atoms with E-state index < -0.39 is 24.1 Å². The van der Waals surface area contributed by atoms with E-state index in [1.54, 1.807) is 23.9 Å². The number of benzene rings is 2. The van der Waals surface area contributed by atoms with Crippen LogP contribution in [0.25, 0.3) is 0 Å². The standard InChI is InChI=1S/2C8H11NOS.2ClH.Zr/c2*1-9(2)11-8-6-4-3-5-7(8)10;;;/h2*3-6,10H,1-2H3;2*1H;/q;;;;+4/p-4. The zero-order valence-corrected chi connectivity index (χ0v) is 20.0. The van der Waals surface area contributed by atoms with Crippen molar-refractivity contribution in [2.45, 2.75) is 9.79 Å². The van der Waals surface area contributed by atoms with Crippen LogP contribution in [0, 0.1) is 0 Å². The first-order valence-electron chi connectivity index (χ1n) is 7.03. The molecule has 0 spiro atoms. The molecule has 0 radical (unpaired) electrons. The van der Waals surface area contributed by atoms with Gasteiger partial charge in [0.1, 0.15) is 0 Å². The summed E-state index contributed by atoms with van der Waals surface area (Å²) in [5.41, 5.74) is 0. The zero-order chi connectivity index (χ0) is 16.7. The molecule has 9 heteroatoms. The molecule has 0 aliphatic heterocycles. The minimum absolute atomic E-state index is 0. The zero-order valence-electron chi connectivity index (χ0n) is 14.4. The van der Waals surface area contributed by atoms with E-state index in [4.69, 9.17) is 5.63 Å². The van der Waals surface area contributed by atoms with Crippen molar-refractivity contribution < 1.29 is 54.6 Å². The van der Waals surface area contributed by atoms with Crippen molar-refractivity contribution in [3.8, 4) is 11.5 Å². The number of rotatable bonds is 8. The van der Waals surface area contributed by atoms with E-state index in [1.165, 1.54) is 0 Å². The number of nitrogens with zero attached hydrogens (tertiary/aromatic N) is 2. The first-order chi connectivity index (χ1) is 11.1. The molecule has 0 saturated carbocycles. The molecule has 2 rings (SSSR count). The minimum atomic E-state index is -1.46. The molecule has 0 heterocycles. The molecule has 0 unspecified atom stereocenters. The van der Waals surface area contributed by atoms with Gasteiger partial charge in [0.25, 0.3) is 0 Å². The number of hydrogen-bond donors (Lipinski definition) is 0. The fourth-order valence-corrected chi connectivity index (χ4v) is 4.97. The Balaban J connectivity index is 0.00000288. The number of halogens is 2. The molecule has 0 atom stereocenters. The maximum absolute atomic E-state index is 5.98. The smallest absolute Gasteiger partial charge is 1.00 e. The predicted octanol–water partition coefficient (Wildman–Crippen LogP) is -1.80. The Hall–Kier alpha value is 0.123. The Kier molecular flexibility index (Phi) is 13.4. The minimum Gasteiger partial charge on any atom is -1.00 e. The quantitative estimate of drug-likeness (QED) is 0.399. The molecule has 136 valence electrons. The second kappa shape index (κ2) is 13.3. The van der Waals surface area contributed by atoms with Gasteiger partial charge < -0.3 is 24.8 Å². The number of hydrogen-bond acceptors (Lipinski definition) is 6. The van der Waals surface area contributed by atoms with E-state index in [1.807, 2.05) is 64.6 Å². The molecule has 25 heavy (non-hydrogen) atoms. The number of para-hydroxylation sites is 2. The van der Waals surface area contributed by atoms with Crippen LogP contribution in [0.1, 0.15) is 0 Å². The fraction of sp³-hybridized carbons (Fsp3) is 0.250. The van der Waals surface area contributed by atoms with Gasteiger partial charge in [-0.2, -0.15) is 0 Å². The normalized spacial score (nSPS) is 9.84. The van der Waals surface area contributed by atoms with Crippen molar-refractivity contribution in [1.29, 1.82) is 0 Å². The molecule has 0 fully saturated rings. The van der Waals surface area contributed by atoms with Crippen LogP contribution >= 0.6 is 23.9 Å². The van der Waals surface area contributed by atoms with Crippen LogP contribution in [0.5, 0.6) is 11.5 Å². The van der Waals surface area contributed by atoms with Gasteiger partial charge in [-0.05, 0) is 0 Å². The van der Waals surface area contributed by atoms with Crippen LogP contribution in [-0.4, -0.2) is 36.8 Å². The summed E-state index contributed by atoms with van der Waals surface area (Å²) in [7, 11) is 8.08. The summed E-state index contributed by atoms with van der Waals surface area (Å²) in [6.45, 7) is 0. The molecule has 0 aliphatic rings. The van der Waals surface area contributed by atoms with Gasteiger partial charge in [-0.3, -0.25) is 0 Å². The van der Waals surface area contributed by atoms with E-state index in [0.29, 0.717) is 0 Å². The monoisotopic (exact) mass is 496 g/mol. The van der Waals surface area contributed by atoms with Gasteiger partial charge in [-0.15, -0.1) is 0 Å². The van der Waals surface area contributed by atoms with E-state index in [-0.39, 0.29) is 24.8 Å². The van der Waals surface area contributed by atoms with Gasteiger partial charge in [0.15, 0.2) is 0 Å². The van der Waals surface area contributed by atoms with Gasteiger partial charge in [0.05, 0.1) is 0 Å². The van der Waals surface area contributed by atoms with E-state index in [9.17, 15) is 0 Å². The van der Waals surface area contributed by atoms with Crippen LogP contribution in [0.4, 0.5) is 0 Å². The Morgan fingerprint density at radius 3 is 1.40 bits per heavy atom. The molecule has 0 bridgehead atoms. The molecule has 0 N–H and O–H groups in total. The van der Waals surface area contributed by atoms with Crippen LogP contribution < -0.4 is 30.4 Å². The van der Waals surface area contributed by atoms with Crippen LogP contribution in [0.2, 0.25) is 0 Å². The Morgan fingerprint density at radius 2 is 1.04 bits per heavy atom. The third-order valence-electron chi connectivity index (χ3n) is 2.56. The predicted molar refractivity (Wildman–Crippen MR) is 93.2 cm³/mol. The average Bonchev–Trinajstić information content (AvgIpc) is 2.49. The van der Waals surface area contributed by atoms with Crippen LogP contribution in [0.3, 0.4) is 0 Å². The van der Waals surface area contributed by atoms with Gasteiger partial charge in [0, 0.05) is 0 Å². The molecule has 0 aromatic heterocycles. The molecule has 4 nitrogen and oxygen atoms in total. The molecular formula is C16H20Cl2N2O2S2Zr. The van der Waals surface area contributed by atoms with Gasteiger partial charge in [-0.25, -0.2) is 0 Å². The van der Waals surface area contributed by atoms with E-state index in [0.717, 1.165) is 21.3 Å². The Morgan fingerprint density at radius 1 is 0.680 bits per heavy atom. The molecule has 2 aromatic carbocycles. The first kappa shape index (κ1) is 25.1. The van der Waals surface area contributed by atoms with Crippen molar-refractivity contribution in [2.75, 3.05) is 28.2 Å². The Labute approximate surface area is 183 Å². The third kappa shape index (κ3) is 9.05. The van der Waals surface area contributed by atoms with E-state index in [2.05, 4.69) is 20.7 Å². The first-order valence-corrected chi connectivity index (χ1v) is 10.6. The van der Waals surface area contributed by atoms with Gasteiger partial charge in [-0.1, -0.05) is 0 Å². The summed E-state index contributed by atoms with van der Waals surface area (Å²) in [4.78, 5) is 2.22. The van der Waals surface area contributed by atoms with E-state index >= 15 is 0 Å². The summed E-state index contributed by atoms with van der Waals surface area (Å²) < 4.78 is 16.1. The van der Waals surface area contributed by atoms with Crippen molar-refractivity contribution >= 4 is 23.9 Å². The second-order valence-corrected chi connectivity index (χ2v) is 9.11. The summed E-state index contributed by atoms with van der Waals surface area (Å²) in [5, 5.41) is 0. The molecular weight excluding hydrogens is 478 g/mol. The Bertz CT molecular complexity index is 583. The SMILES string of the molecule is CN(C)Sc1ccccc1[O][Zr+2][O]c1ccccc1SN(C)C.[Cl-].[Cl-].